The minimum Gasteiger partial charge on any atom is -0.462 e. The number of carbonyl (C=O) groups excluding carboxylic acids is 2. The summed E-state index contributed by atoms with van der Waals surface area (Å²) in [4.78, 5) is 25.4. The summed E-state index contributed by atoms with van der Waals surface area (Å²) in [5.41, 5.74) is 10.7. The maximum Gasteiger partial charge on any atom is 0.333 e. The predicted molar refractivity (Wildman–Crippen MR) is 173 cm³/mol. The van der Waals surface area contributed by atoms with Crippen LogP contribution >= 0.6 is 0 Å². The van der Waals surface area contributed by atoms with Crippen molar-refractivity contribution in [3.63, 3.8) is 0 Å². The fraction of sp³-hybridized carbons (Fsp3) is 0.211. The maximum absolute atomic E-state index is 11.8. The monoisotopic (exact) mass is 571 g/mol. The van der Waals surface area contributed by atoms with Crippen LogP contribution in [0.4, 0.5) is 17.1 Å². The molecule has 0 bridgehead atoms. The molecule has 0 saturated heterocycles. The SMILES string of the molecule is C=CC(=O)OCCc1ccc(N(c2ccc(CCOC(=O)C(=C)C)cc2)c2ccc3c(c2)C(C)(C)c2ccccc2-3)cc1. The minimum absolute atomic E-state index is 0.120. The topological polar surface area (TPSA) is 55.8 Å². The van der Waals surface area contributed by atoms with Crippen molar-refractivity contribution in [1.29, 1.82) is 0 Å². The Bertz CT molecular complexity index is 1670. The number of benzene rings is 4. The molecule has 5 heteroatoms. The molecule has 4 aromatic carbocycles. The summed E-state index contributed by atoms with van der Waals surface area (Å²) in [6, 6.07) is 32.1. The van der Waals surface area contributed by atoms with E-state index in [1.165, 1.54) is 28.3 Å². The van der Waals surface area contributed by atoms with Gasteiger partial charge in [0, 0.05) is 47.0 Å². The summed E-state index contributed by atoms with van der Waals surface area (Å²) >= 11 is 0. The summed E-state index contributed by atoms with van der Waals surface area (Å²) < 4.78 is 10.5. The molecule has 0 unspecified atom stereocenters. The summed E-state index contributed by atoms with van der Waals surface area (Å²) in [7, 11) is 0. The first kappa shape index (κ1) is 29.6. The normalized spacial score (nSPS) is 12.5. The molecule has 0 fully saturated rings. The van der Waals surface area contributed by atoms with Crippen LogP contribution in [0.2, 0.25) is 0 Å². The van der Waals surface area contributed by atoms with Gasteiger partial charge in [-0.2, -0.15) is 0 Å². The Hall–Kier alpha value is -4.90. The molecule has 218 valence electrons. The number of anilines is 3. The van der Waals surface area contributed by atoms with E-state index in [1.54, 1.807) is 6.92 Å². The van der Waals surface area contributed by atoms with E-state index in [4.69, 9.17) is 9.47 Å². The lowest BCUT2D eigenvalue weighted by Crippen LogP contribution is -2.16. The third-order valence-electron chi connectivity index (χ3n) is 7.99. The summed E-state index contributed by atoms with van der Waals surface area (Å²) in [6.07, 6.45) is 2.42. The van der Waals surface area contributed by atoms with Crippen molar-refractivity contribution in [3.8, 4) is 11.1 Å². The molecule has 0 N–H and O–H groups in total. The zero-order chi connectivity index (χ0) is 30.6. The molecule has 1 aliphatic rings. The molecule has 0 amide bonds. The van der Waals surface area contributed by atoms with Crippen molar-refractivity contribution in [2.75, 3.05) is 18.1 Å². The van der Waals surface area contributed by atoms with E-state index in [-0.39, 0.29) is 11.4 Å². The molecular weight excluding hydrogens is 534 g/mol. The number of fused-ring (bicyclic) bond motifs is 3. The molecule has 5 nitrogen and oxygen atoms in total. The molecule has 0 aromatic heterocycles. The van der Waals surface area contributed by atoms with Gasteiger partial charge in [0.25, 0.3) is 0 Å². The van der Waals surface area contributed by atoms with E-state index in [0.29, 0.717) is 31.6 Å². The third-order valence-corrected chi connectivity index (χ3v) is 7.99. The second-order valence-electron chi connectivity index (χ2n) is 11.4. The summed E-state index contributed by atoms with van der Waals surface area (Å²) in [6.45, 7) is 13.9. The van der Waals surface area contributed by atoms with Crippen LogP contribution in [0.5, 0.6) is 0 Å². The fourth-order valence-corrected chi connectivity index (χ4v) is 5.62. The number of nitrogens with zero attached hydrogens (tertiary/aromatic N) is 1. The van der Waals surface area contributed by atoms with Crippen molar-refractivity contribution in [2.24, 2.45) is 0 Å². The molecule has 1 aliphatic carbocycles. The molecule has 4 aromatic rings. The van der Waals surface area contributed by atoms with Gasteiger partial charge in [-0.05, 0) is 76.7 Å². The molecule has 43 heavy (non-hydrogen) atoms. The lowest BCUT2D eigenvalue weighted by atomic mass is 9.82. The van der Waals surface area contributed by atoms with Gasteiger partial charge in [-0.15, -0.1) is 0 Å². The standard InChI is InChI=1S/C38H37NO4/c1-6-36(40)42-23-21-27-11-15-29(16-12-27)39(30-17-13-28(14-18-30)22-24-43-37(41)26(2)3)31-19-20-33-32-9-7-8-10-34(32)38(4,5)35(33)25-31/h6-20,25H,1-2,21-24H2,3-5H3. The van der Waals surface area contributed by atoms with Gasteiger partial charge < -0.3 is 14.4 Å². The van der Waals surface area contributed by atoms with Crippen LogP contribution in [0.15, 0.2) is 116 Å². The number of ether oxygens (including phenoxy) is 2. The number of carbonyl (C=O) groups is 2. The summed E-state index contributed by atoms with van der Waals surface area (Å²) in [5, 5.41) is 0. The Morgan fingerprint density at radius 1 is 0.744 bits per heavy atom. The lowest BCUT2D eigenvalue weighted by Gasteiger charge is -2.28. The van der Waals surface area contributed by atoms with Gasteiger partial charge in [0.15, 0.2) is 0 Å². The first-order valence-electron chi connectivity index (χ1n) is 14.5. The smallest absolute Gasteiger partial charge is 0.333 e. The molecule has 5 rings (SSSR count). The second kappa shape index (κ2) is 12.5. The minimum atomic E-state index is -0.415. The Labute approximate surface area is 254 Å². The van der Waals surface area contributed by atoms with Gasteiger partial charge >= 0.3 is 11.9 Å². The predicted octanol–water partition coefficient (Wildman–Crippen LogP) is 8.40. The highest BCUT2D eigenvalue weighted by molar-refractivity contribution is 5.87. The average Bonchev–Trinajstić information content (AvgIpc) is 3.24. The van der Waals surface area contributed by atoms with Crippen LogP contribution in [0.3, 0.4) is 0 Å². The first-order chi connectivity index (χ1) is 20.7. The zero-order valence-corrected chi connectivity index (χ0v) is 25.1. The average molecular weight is 572 g/mol. The molecule has 0 atom stereocenters. The highest BCUT2D eigenvalue weighted by Gasteiger charge is 2.35. The molecule has 0 spiro atoms. The van der Waals surface area contributed by atoms with Crippen molar-refractivity contribution < 1.29 is 19.1 Å². The Kier molecular flexibility index (Phi) is 8.63. The van der Waals surface area contributed by atoms with Gasteiger partial charge in [0.2, 0.25) is 0 Å². The van der Waals surface area contributed by atoms with Crippen LogP contribution in [0.1, 0.15) is 43.0 Å². The molecule has 0 saturated carbocycles. The highest BCUT2D eigenvalue weighted by Crippen LogP contribution is 2.50. The molecule has 0 radical (unpaired) electrons. The number of esters is 2. The Balaban J connectivity index is 1.46. The Morgan fingerprint density at radius 3 is 1.86 bits per heavy atom. The van der Waals surface area contributed by atoms with E-state index in [0.717, 1.165) is 28.2 Å². The highest BCUT2D eigenvalue weighted by atomic mass is 16.5. The molecular formula is C38H37NO4. The maximum atomic E-state index is 11.8. The van der Waals surface area contributed by atoms with Gasteiger partial charge in [-0.25, -0.2) is 9.59 Å². The van der Waals surface area contributed by atoms with E-state index in [9.17, 15) is 9.59 Å². The van der Waals surface area contributed by atoms with Crippen LogP contribution in [-0.2, 0) is 37.3 Å². The second-order valence-corrected chi connectivity index (χ2v) is 11.4. The van der Waals surface area contributed by atoms with Gasteiger partial charge in [0.05, 0.1) is 13.2 Å². The molecule has 0 heterocycles. The van der Waals surface area contributed by atoms with Crippen molar-refractivity contribution in [3.05, 3.63) is 138 Å². The van der Waals surface area contributed by atoms with Gasteiger partial charge in [-0.3, -0.25) is 0 Å². The van der Waals surface area contributed by atoms with Crippen molar-refractivity contribution in [1.82, 2.24) is 0 Å². The quantitative estimate of drug-likeness (QED) is 0.134. The van der Waals surface area contributed by atoms with Gasteiger partial charge in [0.1, 0.15) is 0 Å². The molecule has 0 aliphatic heterocycles. The van der Waals surface area contributed by atoms with E-state index in [2.05, 4.69) is 123 Å². The largest absolute Gasteiger partial charge is 0.462 e. The van der Waals surface area contributed by atoms with Crippen LogP contribution < -0.4 is 4.90 Å². The van der Waals surface area contributed by atoms with Gasteiger partial charge in [-0.1, -0.05) is 81.6 Å². The van der Waals surface area contributed by atoms with E-state index < -0.39 is 5.97 Å². The zero-order valence-electron chi connectivity index (χ0n) is 25.1. The van der Waals surface area contributed by atoms with E-state index >= 15 is 0 Å². The first-order valence-corrected chi connectivity index (χ1v) is 14.5. The van der Waals surface area contributed by atoms with E-state index in [1.807, 2.05) is 0 Å². The van der Waals surface area contributed by atoms with Crippen molar-refractivity contribution >= 4 is 29.0 Å². The number of hydrogen-bond donors (Lipinski definition) is 0. The Morgan fingerprint density at radius 2 is 1.28 bits per heavy atom. The summed E-state index contributed by atoms with van der Waals surface area (Å²) in [5.74, 6) is -0.784. The van der Waals surface area contributed by atoms with Crippen LogP contribution in [0, 0.1) is 0 Å². The number of hydrogen-bond acceptors (Lipinski definition) is 5. The third kappa shape index (κ3) is 6.31. The fourth-order valence-electron chi connectivity index (χ4n) is 5.62. The number of rotatable bonds is 11. The van der Waals surface area contributed by atoms with Crippen LogP contribution in [0.25, 0.3) is 11.1 Å². The van der Waals surface area contributed by atoms with Crippen molar-refractivity contribution in [2.45, 2.75) is 39.0 Å². The lowest BCUT2D eigenvalue weighted by molar-refractivity contribution is -0.139. The van der Waals surface area contributed by atoms with Crippen LogP contribution in [-0.4, -0.2) is 25.2 Å².